The van der Waals surface area contributed by atoms with E-state index < -0.39 is 11.9 Å². The predicted molar refractivity (Wildman–Crippen MR) is 109 cm³/mol. The number of methoxy groups -OCH3 is 2. The van der Waals surface area contributed by atoms with Crippen LogP contribution in [0.25, 0.3) is 5.57 Å². The van der Waals surface area contributed by atoms with Gasteiger partial charge in [0.1, 0.15) is 17.0 Å². The summed E-state index contributed by atoms with van der Waals surface area (Å²) in [5.41, 5.74) is 1.40. The topological polar surface area (TPSA) is 98.8 Å². The number of carbonyl (C=O) groups excluding carboxylic acids is 2. The Kier molecular flexibility index (Phi) is 8.25. The van der Waals surface area contributed by atoms with E-state index in [-0.39, 0.29) is 17.9 Å². The van der Waals surface area contributed by atoms with Gasteiger partial charge in [-0.3, -0.25) is 4.98 Å². The molecule has 2 aromatic rings. The van der Waals surface area contributed by atoms with Crippen molar-refractivity contribution in [3.8, 4) is 5.75 Å². The Morgan fingerprint density at radius 2 is 1.79 bits per heavy atom. The molecule has 0 unspecified atom stereocenters. The van der Waals surface area contributed by atoms with E-state index >= 15 is 0 Å². The summed E-state index contributed by atoms with van der Waals surface area (Å²) in [4.78, 5) is 28.6. The monoisotopic (exact) mass is 397 g/mol. The molecule has 29 heavy (non-hydrogen) atoms. The molecule has 0 atom stereocenters. The van der Waals surface area contributed by atoms with E-state index in [1.807, 2.05) is 0 Å². The molecule has 2 N–H and O–H groups in total. The number of aromatic nitrogens is 1. The highest BCUT2D eigenvalue weighted by molar-refractivity contribution is 6.15. The summed E-state index contributed by atoms with van der Waals surface area (Å²) in [7, 11) is 2.84. The molecule has 0 aliphatic heterocycles. The van der Waals surface area contributed by atoms with Gasteiger partial charge in [0.15, 0.2) is 0 Å². The van der Waals surface area contributed by atoms with Crippen LogP contribution in [0.4, 0.5) is 5.69 Å². The zero-order valence-electron chi connectivity index (χ0n) is 16.5. The smallest absolute Gasteiger partial charge is 0.355 e. The van der Waals surface area contributed by atoms with E-state index in [1.165, 1.54) is 19.5 Å². The molecular weight excluding hydrogens is 374 g/mol. The first-order valence-corrected chi connectivity index (χ1v) is 8.83. The zero-order chi connectivity index (χ0) is 21.1. The normalized spacial score (nSPS) is 11.4. The van der Waals surface area contributed by atoms with E-state index in [0.29, 0.717) is 11.4 Å². The van der Waals surface area contributed by atoms with Crippen LogP contribution in [-0.4, -0.2) is 37.7 Å². The van der Waals surface area contributed by atoms with Gasteiger partial charge in [-0.2, -0.15) is 0 Å². The molecule has 0 saturated heterocycles. The first-order chi connectivity index (χ1) is 14.1. The maximum Gasteiger partial charge on any atom is 0.355 e. The first-order valence-electron chi connectivity index (χ1n) is 8.83. The summed E-state index contributed by atoms with van der Waals surface area (Å²) < 4.78 is 15.0. The van der Waals surface area contributed by atoms with Crippen LogP contribution in [0, 0.1) is 0 Å². The van der Waals surface area contributed by atoms with Crippen molar-refractivity contribution in [2.45, 2.75) is 6.92 Å². The lowest BCUT2D eigenvalue weighted by Gasteiger charge is -2.10. The van der Waals surface area contributed by atoms with Crippen molar-refractivity contribution < 1.29 is 23.8 Å². The molecule has 0 saturated carbocycles. The molecule has 0 fully saturated rings. The molecule has 1 aromatic carbocycles. The van der Waals surface area contributed by atoms with Gasteiger partial charge >= 0.3 is 11.9 Å². The first kappa shape index (κ1) is 21.5. The highest BCUT2D eigenvalue weighted by Gasteiger charge is 2.16. The standard InChI is InChI=1S/C21H23N3O5/c1-4-29-20(25)17(18-7-5-6-12-22-18)13-24-19(21(26)28-3)14-23-15-8-10-16(27-2)11-9-15/h5-14,23-24H,4H2,1-3H3/b17-13-,19-14-. The van der Waals surface area contributed by atoms with Crippen LogP contribution in [0.15, 0.2) is 66.8 Å². The van der Waals surface area contributed by atoms with E-state index in [2.05, 4.69) is 15.6 Å². The van der Waals surface area contributed by atoms with Crippen LogP contribution < -0.4 is 15.4 Å². The van der Waals surface area contributed by atoms with Crippen molar-refractivity contribution in [3.05, 3.63) is 72.5 Å². The van der Waals surface area contributed by atoms with E-state index in [9.17, 15) is 9.59 Å². The van der Waals surface area contributed by atoms with E-state index in [0.717, 1.165) is 5.69 Å². The van der Waals surface area contributed by atoms with E-state index in [1.54, 1.807) is 62.7 Å². The van der Waals surface area contributed by atoms with Gasteiger partial charge in [0.2, 0.25) is 0 Å². The molecule has 1 aromatic heterocycles. The fraction of sp³-hybridized carbons (Fsp3) is 0.190. The maximum absolute atomic E-state index is 12.3. The van der Waals surface area contributed by atoms with Gasteiger partial charge in [-0.25, -0.2) is 9.59 Å². The number of nitrogens with zero attached hydrogens (tertiary/aromatic N) is 1. The van der Waals surface area contributed by atoms with Gasteiger partial charge in [-0.15, -0.1) is 0 Å². The average Bonchev–Trinajstić information content (AvgIpc) is 2.76. The maximum atomic E-state index is 12.3. The summed E-state index contributed by atoms with van der Waals surface area (Å²) >= 11 is 0. The number of carbonyl (C=O) groups is 2. The molecule has 0 bridgehead atoms. The molecular formula is C21H23N3O5. The lowest BCUT2D eigenvalue weighted by atomic mass is 10.2. The Balaban J connectivity index is 2.25. The van der Waals surface area contributed by atoms with Crippen molar-refractivity contribution in [1.29, 1.82) is 0 Å². The highest BCUT2D eigenvalue weighted by Crippen LogP contribution is 2.16. The second kappa shape index (κ2) is 11.1. The average molecular weight is 397 g/mol. The van der Waals surface area contributed by atoms with Gasteiger partial charge in [-0.1, -0.05) is 6.07 Å². The lowest BCUT2D eigenvalue weighted by Crippen LogP contribution is -2.20. The number of hydrogen-bond acceptors (Lipinski definition) is 8. The van der Waals surface area contributed by atoms with Crippen molar-refractivity contribution in [1.82, 2.24) is 10.3 Å². The molecule has 8 nitrogen and oxygen atoms in total. The number of benzene rings is 1. The summed E-state index contributed by atoms with van der Waals surface area (Å²) in [6, 6.07) is 12.3. The summed E-state index contributed by atoms with van der Waals surface area (Å²) in [6.07, 6.45) is 4.36. The Morgan fingerprint density at radius 3 is 2.38 bits per heavy atom. The van der Waals surface area contributed by atoms with Gasteiger partial charge in [0, 0.05) is 24.3 Å². The number of pyridine rings is 1. The van der Waals surface area contributed by atoms with Crippen LogP contribution in [0.1, 0.15) is 12.6 Å². The molecule has 1 heterocycles. The Bertz CT molecular complexity index is 877. The fourth-order valence-corrected chi connectivity index (χ4v) is 2.23. The Hall–Kier alpha value is -3.81. The van der Waals surface area contributed by atoms with Crippen molar-refractivity contribution in [2.75, 3.05) is 26.1 Å². The minimum absolute atomic E-state index is 0.0843. The number of rotatable bonds is 9. The van der Waals surface area contributed by atoms with Crippen LogP contribution >= 0.6 is 0 Å². The van der Waals surface area contributed by atoms with Crippen LogP contribution in [0.5, 0.6) is 5.75 Å². The quantitative estimate of drug-likeness (QED) is 0.492. The van der Waals surface area contributed by atoms with Crippen LogP contribution in [0.3, 0.4) is 0 Å². The third-order valence-corrected chi connectivity index (χ3v) is 3.69. The zero-order valence-corrected chi connectivity index (χ0v) is 16.5. The SMILES string of the molecule is CCOC(=O)/C(=C\N/C(=C\Nc1ccc(OC)cc1)C(=O)OC)c1ccccn1. The second-order valence-corrected chi connectivity index (χ2v) is 5.56. The third kappa shape index (κ3) is 6.39. The van der Waals surface area contributed by atoms with Crippen molar-refractivity contribution in [2.24, 2.45) is 0 Å². The molecule has 0 amide bonds. The largest absolute Gasteiger partial charge is 0.497 e. The molecule has 152 valence electrons. The van der Waals surface area contributed by atoms with Crippen molar-refractivity contribution >= 4 is 23.2 Å². The number of esters is 2. The number of hydrogen-bond donors (Lipinski definition) is 2. The van der Waals surface area contributed by atoms with Gasteiger partial charge in [0.25, 0.3) is 0 Å². The Labute approximate surface area is 169 Å². The lowest BCUT2D eigenvalue weighted by molar-refractivity contribution is -0.137. The summed E-state index contributed by atoms with van der Waals surface area (Å²) in [5, 5.41) is 5.78. The van der Waals surface area contributed by atoms with Crippen LogP contribution in [-0.2, 0) is 19.1 Å². The predicted octanol–water partition coefficient (Wildman–Crippen LogP) is 2.71. The molecule has 0 radical (unpaired) electrons. The second-order valence-electron chi connectivity index (χ2n) is 5.56. The molecule has 8 heteroatoms. The minimum Gasteiger partial charge on any atom is -0.497 e. The van der Waals surface area contributed by atoms with Gasteiger partial charge < -0.3 is 24.8 Å². The van der Waals surface area contributed by atoms with Crippen LogP contribution in [0.2, 0.25) is 0 Å². The number of anilines is 1. The summed E-state index contributed by atoms with van der Waals surface area (Å²) in [5.74, 6) is -0.472. The molecule has 0 spiro atoms. The van der Waals surface area contributed by atoms with Gasteiger partial charge in [-0.05, 0) is 43.3 Å². The van der Waals surface area contributed by atoms with Gasteiger partial charge in [0.05, 0.1) is 26.5 Å². The molecule has 0 aliphatic carbocycles. The number of ether oxygens (including phenoxy) is 3. The van der Waals surface area contributed by atoms with E-state index in [4.69, 9.17) is 14.2 Å². The molecule has 0 aliphatic rings. The Morgan fingerprint density at radius 1 is 1.03 bits per heavy atom. The number of nitrogens with one attached hydrogen (secondary N) is 2. The third-order valence-electron chi connectivity index (χ3n) is 3.69. The highest BCUT2D eigenvalue weighted by atomic mass is 16.5. The van der Waals surface area contributed by atoms with Crippen molar-refractivity contribution in [3.63, 3.8) is 0 Å². The fourth-order valence-electron chi connectivity index (χ4n) is 2.23. The summed E-state index contributed by atoms with van der Waals surface area (Å²) in [6.45, 7) is 1.92. The minimum atomic E-state index is -0.619. The molecule has 2 rings (SSSR count).